The Bertz CT molecular complexity index is 2550. The van der Waals surface area contributed by atoms with Crippen LogP contribution in [0.2, 0.25) is 0 Å². The van der Waals surface area contributed by atoms with Gasteiger partial charge >= 0.3 is 0 Å². The number of hydrogen-bond acceptors (Lipinski definition) is 2. The van der Waals surface area contributed by atoms with Gasteiger partial charge in [-0.1, -0.05) is 75.6 Å². The second kappa shape index (κ2) is 10.5. The predicted octanol–water partition coefficient (Wildman–Crippen LogP) is 11.7. The minimum atomic E-state index is -0.173. The van der Waals surface area contributed by atoms with Gasteiger partial charge < -0.3 is 4.57 Å². The summed E-state index contributed by atoms with van der Waals surface area (Å²) in [6.07, 6.45) is 9.48. The van der Waals surface area contributed by atoms with Gasteiger partial charge in [-0.25, -0.2) is 0 Å². The smallest absolute Gasteiger partial charge is 0.0702 e. The zero-order valence-electron chi connectivity index (χ0n) is 27.0. The highest BCUT2D eigenvalue weighted by Gasteiger charge is 2.37. The molecular weight excluding hydrogens is 583 g/mol. The van der Waals surface area contributed by atoms with Crippen molar-refractivity contribution in [3.05, 3.63) is 163 Å². The van der Waals surface area contributed by atoms with Gasteiger partial charge in [0.05, 0.1) is 16.7 Å². The van der Waals surface area contributed by atoms with Crippen LogP contribution in [-0.2, 0) is 5.41 Å². The van der Waals surface area contributed by atoms with Crippen molar-refractivity contribution < 1.29 is 0 Å². The van der Waals surface area contributed by atoms with Crippen LogP contribution in [-0.4, -0.2) is 14.5 Å². The molecule has 0 unspecified atom stereocenters. The fraction of sp³-hybridized carbons (Fsp3) is 0.0667. The molecule has 0 amide bonds. The third-order valence-corrected chi connectivity index (χ3v) is 10.2. The van der Waals surface area contributed by atoms with Crippen LogP contribution in [0.1, 0.15) is 36.1 Å². The molecule has 0 saturated carbocycles. The lowest BCUT2D eigenvalue weighted by Gasteiger charge is -2.22. The summed E-state index contributed by atoms with van der Waals surface area (Å²) in [7, 11) is 0. The molecule has 48 heavy (non-hydrogen) atoms. The molecule has 3 heteroatoms. The fourth-order valence-corrected chi connectivity index (χ4v) is 7.76. The SMILES string of the molecule is C=Cc1cc2c(cc1C=C)C(C)(C)c1cc3c4cc5ccccc5cc4n(-c4cc(-c5cccnc5)cc(-c5ccccn5)c4)c3cc1-2. The molecule has 0 fully saturated rings. The van der Waals surface area contributed by atoms with E-state index in [0.717, 1.165) is 39.2 Å². The number of fused-ring (bicyclic) bond motifs is 7. The van der Waals surface area contributed by atoms with Crippen LogP contribution in [0.5, 0.6) is 0 Å². The summed E-state index contributed by atoms with van der Waals surface area (Å²) in [6, 6.07) is 39.8. The third-order valence-electron chi connectivity index (χ3n) is 10.2. The van der Waals surface area contributed by atoms with Crippen molar-refractivity contribution in [2.45, 2.75) is 19.3 Å². The molecule has 0 radical (unpaired) electrons. The lowest BCUT2D eigenvalue weighted by molar-refractivity contribution is 0.661. The minimum absolute atomic E-state index is 0.173. The first-order valence-electron chi connectivity index (χ1n) is 16.4. The third kappa shape index (κ3) is 4.14. The Labute approximate surface area is 280 Å². The van der Waals surface area contributed by atoms with Gasteiger partial charge in [0.1, 0.15) is 0 Å². The van der Waals surface area contributed by atoms with Gasteiger partial charge in [0.25, 0.3) is 0 Å². The Kier molecular flexibility index (Phi) is 6.15. The van der Waals surface area contributed by atoms with Crippen molar-refractivity contribution in [3.63, 3.8) is 0 Å². The summed E-state index contributed by atoms with van der Waals surface area (Å²) >= 11 is 0. The van der Waals surface area contributed by atoms with E-state index < -0.39 is 0 Å². The maximum atomic E-state index is 4.75. The van der Waals surface area contributed by atoms with Gasteiger partial charge in [0.15, 0.2) is 0 Å². The molecule has 5 aromatic carbocycles. The van der Waals surface area contributed by atoms with E-state index in [-0.39, 0.29) is 5.41 Å². The van der Waals surface area contributed by atoms with Crippen LogP contribution in [0.3, 0.4) is 0 Å². The molecule has 0 saturated heterocycles. The zero-order chi connectivity index (χ0) is 32.6. The lowest BCUT2D eigenvalue weighted by atomic mass is 9.81. The molecule has 3 heterocycles. The monoisotopic (exact) mass is 615 g/mol. The molecule has 0 spiro atoms. The topological polar surface area (TPSA) is 30.7 Å². The number of benzene rings is 5. The van der Waals surface area contributed by atoms with E-state index in [1.807, 2.05) is 48.9 Å². The first-order valence-corrected chi connectivity index (χ1v) is 16.4. The lowest BCUT2D eigenvalue weighted by Crippen LogP contribution is -2.15. The van der Waals surface area contributed by atoms with Crippen molar-refractivity contribution >= 4 is 44.7 Å². The van der Waals surface area contributed by atoms with E-state index in [4.69, 9.17) is 4.98 Å². The van der Waals surface area contributed by atoms with Crippen molar-refractivity contribution in [1.29, 1.82) is 0 Å². The van der Waals surface area contributed by atoms with E-state index in [9.17, 15) is 0 Å². The molecule has 0 N–H and O–H groups in total. The molecule has 0 atom stereocenters. The normalized spacial score (nSPS) is 13.1. The Balaban J connectivity index is 1.41. The maximum absolute atomic E-state index is 4.75. The van der Waals surface area contributed by atoms with Crippen LogP contribution in [0.25, 0.3) is 83.9 Å². The summed E-state index contributed by atoms with van der Waals surface area (Å²) < 4.78 is 2.45. The van der Waals surface area contributed by atoms with Crippen LogP contribution >= 0.6 is 0 Å². The summed E-state index contributed by atoms with van der Waals surface area (Å²) in [5.74, 6) is 0. The van der Waals surface area contributed by atoms with Gasteiger partial charge in [-0.2, -0.15) is 0 Å². The van der Waals surface area contributed by atoms with Gasteiger partial charge in [-0.3, -0.25) is 9.97 Å². The Morgan fingerprint density at radius 3 is 2.04 bits per heavy atom. The highest BCUT2D eigenvalue weighted by molar-refractivity contribution is 6.15. The molecule has 0 aliphatic heterocycles. The number of rotatable bonds is 5. The second-order valence-corrected chi connectivity index (χ2v) is 13.3. The van der Waals surface area contributed by atoms with Crippen molar-refractivity contribution in [2.24, 2.45) is 0 Å². The van der Waals surface area contributed by atoms with Crippen LogP contribution < -0.4 is 0 Å². The predicted molar refractivity (Wildman–Crippen MR) is 202 cm³/mol. The van der Waals surface area contributed by atoms with Gasteiger partial charge in [0.2, 0.25) is 0 Å². The molecular formula is C45H33N3. The maximum Gasteiger partial charge on any atom is 0.0702 e. The number of nitrogens with zero attached hydrogens (tertiary/aromatic N) is 3. The average molecular weight is 616 g/mol. The average Bonchev–Trinajstić information content (AvgIpc) is 3.56. The highest BCUT2D eigenvalue weighted by Crippen LogP contribution is 2.52. The first kappa shape index (κ1) is 28.2. The first-order chi connectivity index (χ1) is 23.4. The second-order valence-electron chi connectivity index (χ2n) is 13.3. The van der Waals surface area contributed by atoms with Gasteiger partial charge in [-0.15, -0.1) is 0 Å². The molecule has 8 aromatic rings. The van der Waals surface area contributed by atoms with E-state index in [1.54, 1.807) is 0 Å². The summed E-state index contributed by atoms with van der Waals surface area (Å²) in [6.45, 7) is 12.9. The molecule has 0 bridgehead atoms. The molecule has 9 rings (SSSR count). The number of aromatic nitrogens is 3. The van der Waals surface area contributed by atoms with E-state index >= 15 is 0 Å². The molecule has 228 valence electrons. The number of hydrogen-bond donors (Lipinski definition) is 0. The Hall–Kier alpha value is -6.06. The van der Waals surface area contributed by atoms with E-state index in [1.165, 1.54) is 54.8 Å². The standard InChI is InChI=1S/C45H33N3/c1-5-28-21-36-37-26-44-39(25-41(37)45(3,4)40(36)23-29(28)6-2)38-22-30-12-7-8-13-31(30)24-43(38)48(44)35-19-33(32-14-11-16-46-27-32)18-34(20-35)42-15-9-10-17-47-42/h5-27H,1-2H2,3-4H3. The van der Waals surface area contributed by atoms with Crippen molar-refractivity contribution in [1.82, 2.24) is 14.5 Å². The molecule has 3 nitrogen and oxygen atoms in total. The summed E-state index contributed by atoms with van der Waals surface area (Å²) in [5.41, 5.74) is 14.8. The van der Waals surface area contributed by atoms with Gasteiger partial charge in [-0.05, 0) is 123 Å². The van der Waals surface area contributed by atoms with Crippen LogP contribution in [0.4, 0.5) is 0 Å². The Morgan fingerprint density at radius 1 is 0.604 bits per heavy atom. The number of pyridine rings is 2. The summed E-state index contributed by atoms with van der Waals surface area (Å²) in [5, 5.41) is 4.93. The van der Waals surface area contributed by atoms with Crippen LogP contribution in [0.15, 0.2) is 141 Å². The van der Waals surface area contributed by atoms with Crippen molar-refractivity contribution in [2.75, 3.05) is 0 Å². The van der Waals surface area contributed by atoms with E-state index in [2.05, 4.69) is 128 Å². The largest absolute Gasteiger partial charge is 0.309 e. The fourth-order valence-electron chi connectivity index (χ4n) is 7.76. The highest BCUT2D eigenvalue weighted by atomic mass is 15.0. The molecule has 1 aliphatic rings. The van der Waals surface area contributed by atoms with Gasteiger partial charge in [0, 0.05) is 51.6 Å². The van der Waals surface area contributed by atoms with Crippen LogP contribution in [0, 0.1) is 0 Å². The molecule has 1 aliphatic carbocycles. The summed E-state index contributed by atoms with van der Waals surface area (Å²) in [4.78, 5) is 9.21. The van der Waals surface area contributed by atoms with E-state index in [0.29, 0.717) is 0 Å². The minimum Gasteiger partial charge on any atom is -0.309 e. The zero-order valence-corrected chi connectivity index (χ0v) is 27.0. The molecule has 3 aromatic heterocycles. The quantitative estimate of drug-likeness (QED) is 0.193. The Morgan fingerprint density at radius 2 is 1.29 bits per heavy atom. The van der Waals surface area contributed by atoms with Crippen molar-refractivity contribution in [3.8, 4) is 39.2 Å².